The Morgan fingerprint density at radius 2 is 2.28 bits per heavy atom. The van der Waals surface area contributed by atoms with E-state index in [4.69, 9.17) is 16.3 Å². The Morgan fingerprint density at radius 1 is 1.61 bits per heavy atom. The number of nitrogens with zero attached hydrogens (tertiary/aromatic N) is 1. The normalized spacial score (nSPS) is 14.8. The van der Waals surface area contributed by atoms with Crippen molar-refractivity contribution in [3.8, 4) is 11.8 Å². The molecule has 0 saturated carbocycles. The first-order chi connectivity index (χ1) is 8.60. The average Bonchev–Trinajstić information content (AvgIpc) is 2.26. The molecule has 1 heterocycles. The first kappa shape index (κ1) is 12.9. The highest BCUT2D eigenvalue weighted by Crippen LogP contribution is 2.39. The number of ether oxygens (including phenoxy) is 1. The van der Waals surface area contributed by atoms with Crippen LogP contribution in [0, 0.1) is 11.3 Å². The van der Waals surface area contributed by atoms with Crippen LogP contribution in [0.15, 0.2) is 6.07 Å². The number of methoxy groups -OCH3 is 1. The van der Waals surface area contributed by atoms with E-state index >= 15 is 0 Å². The van der Waals surface area contributed by atoms with E-state index in [1.165, 1.54) is 20.1 Å². The number of carbonyl (C=O) groups excluding carboxylic acids is 1. The zero-order valence-corrected chi connectivity index (χ0v) is 11.0. The first-order valence-corrected chi connectivity index (χ1v) is 6.00. The van der Waals surface area contributed by atoms with E-state index in [0.29, 0.717) is 21.9 Å². The Morgan fingerprint density at radius 3 is 2.67 bits per heavy atom. The van der Waals surface area contributed by atoms with E-state index in [1.54, 1.807) is 0 Å². The third-order valence-electron chi connectivity index (χ3n) is 3.15. The number of hydrogen-bond acceptors (Lipinski definition) is 4. The number of halogens is 1. The average molecular weight is 265 g/mol. The highest BCUT2D eigenvalue weighted by molar-refractivity contribution is 6.32. The van der Waals surface area contributed by atoms with Gasteiger partial charge in [-0.2, -0.15) is 5.26 Å². The minimum absolute atomic E-state index is 0.119. The molecule has 1 aliphatic rings. The molecule has 0 spiro atoms. The number of rotatable bonds is 3. The Hall–Kier alpha value is -1.57. The largest absolute Gasteiger partial charge is 0.496 e. The van der Waals surface area contributed by atoms with Crippen molar-refractivity contribution in [3.05, 3.63) is 27.8 Å². The number of nitriles is 1. The van der Waals surface area contributed by atoms with Crippen molar-refractivity contribution in [3.63, 3.8) is 0 Å². The van der Waals surface area contributed by atoms with Crippen molar-refractivity contribution in [1.29, 1.82) is 5.26 Å². The Kier molecular flexibility index (Phi) is 3.55. The van der Waals surface area contributed by atoms with Crippen LogP contribution in [0.2, 0.25) is 5.02 Å². The third kappa shape index (κ3) is 1.96. The Labute approximate surface area is 111 Å². The van der Waals surface area contributed by atoms with Crippen molar-refractivity contribution >= 4 is 17.4 Å². The van der Waals surface area contributed by atoms with Crippen molar-refractivity contribution < 1.29 is 9.53 Å². The van der Waals surface area contributed by atoms with Crippen LogP contribution in [0.25, 0.3) is 0 Å². The molecule has 18 heavy (non-hydrogen) atoms. The smallest absolute Gasteiger partial charge is 0.163 e. The molecule has 0 radical (unpaired) electrons. The Balaban J connectivity index is 2.71. The summed E-state index contributed by atoms with van der Waals surface area (Å²) in [6.45, 7) is 2.99. The van der Waals surface area contributed by atoms with Crippen LogP contribution in [-0.4, -0.2) is 26.0 Å². The van der Waals surface area contributed by atoms with Gasteiger partial charge in [0.1, 0.15) is 11.8 Å². The lowest BCUT2D eigenvalue weighted by Crippen LogP contribution is -2.40. The molecule has 1 saturated heterocycles. The SMILES string of the molecule is COc1c(C(C)=O)cc(Cl)c(C#N)c1C1CNC1. The van der Waals surface area contributed by atoms with E-state index < -0.39 is 0 Å². The van der Waals surface area contributed by atoms with Crippen LogP contribution in [0.4, 0.5) is 0 Å². The summed E-state index contributed by atoms with van der Waals surface area (Å²) in [6.07, 6.45) is 0. The summed E-state index contributed by atoms with van der Waals surface area (Å²) >= 11 is 6.08. The molecule has 1 aromatic rings. The molecule has 1 aromatic carbocycles. The quantitative estimate of drug-likeness (QED) is 0.850. The molecule has 0 aromatic heterocycles. The van der Waals surface area contributed by atoms with Crippen molar-refractivity contribution in [1.82, 2.24) is 5.32 Å². The lowest BCUT2D eigenvalue weighted by Gasteiger charge is -2.30. The zero-order valence-electron chi connectivity index (χ0n) is 10.2. The predicted octanol–water partition coefficient (Wildman–Crippen LogP) is 2.11. The van der Waals surface area contributed by atoms with Crippen LogP contribution in [0.5, 0.6) is 5.75 Å². The summed E-state index contributed by atoms with van der Waals surface area (Å²) in [5.74, 6) is 0.535. The van der Waals surface area contributed by atoms with E-state index in [-0.39, 0.29) is 11.7 Å². The highest BCUT2D eigenvalue weighted by atomic mass is 35.5. The van der Waals surface area contributed by atoms with Crippen LogP contribution >= 0.6 is 11.6 Å². The maximum Gasteiger partial charge on any atom is 0.163 e. The number of nitrogens with one attached hydrogen (secondary N) is 1. The molecular formula is C13H13ClN2O2. The van der Waals surface area contributed by atoms with Gasteiger partial charge in [-0.3, -0.25) is 4.79 Å². The molecule has 0 aliphatic carbocycles. The van der Waals surface area contributed by atoms with Gasteiger partial charge in [0.25, 0.3) is 0 Å². The summed E-state index contributed by atoms with van der Waals surface area (Å²) in [6, 6.07) is 3.61. The minimum atomic E-state index is -0.119. The lowest BCUT2D eigenvalue weighted by molar-refractivity contribution is 0.101. The standard InChI is InChI=1S/C13H13ClN2O2/c1-7(17)9-3-11(14)10(4-15)12(13(9)18-2)8-5-16-6-8/h3,8,16H,5-6H2,1-2H3. The van der Waals surface area contributed by atoms with Gasteiger partial charge < -0.3 is 10.1 Å². The topological polar surface area (TPSA) is 62.1 Å². The van der Waals surface area contributed by atoms with E-state index in [9.17, 15) is 10.1 Å². The van der Waals surface area contributed by atoms with Crippen molar-refractivity contribution in [2.75, 3.05) is 20.2 Å². The van der Waals surface area contributed by atoms with Gasteiger partial charge in [0.15, 0.2) is 5.78 Å². The van der Waals surface area contributed by atoms with Gasteiger partial charge in [0.05, 0.1) is 23.3 Å². The van der Waals surface area contributed by atoms with Gasteiger partial charge in [-0.05, 0) is 13.0 Å². The van der Waals surface area contributed by atoms with Crippen molar-refractivity contribution in [2.24, 2.45) is 0 Å². The molecule has 94 valence electrons. The molecule has 0 unspecified atom stereocenters. The van der Waals surface area contributed by atoms with Gasteiger partial charge in [-0.1, -0.05) is 11.6 Å². The van der Waals surface area contributed by atoms with Gasteiger partial charge in [-0.25, -0.2) is 0 Å². The molecule has 1 fully saturated rings. The summed E-state index contributed by atoms with van der Waals surface area (Å²) in [5.41, 5.74) is 1.59. The van der Waals surface area contributed by atoms with Gasteiger partial charge >= 0.3 is 0 Å². The maximum atomic E-state index is 11.6. The summed E-state index contributed by atoms with van der Waals surface area (Å²) in [5, 5.41) is 12.7. The molecule has 0 atom stereocenters. The van der Waals surface area contributed by atoms with Crippen LogP contribution in [0.1, 0.15) is 34.3 Å². The molecule has 0 amide bonds. The second kappa shape index (κ2) is 4.97. The van der Waals surface area contributed by atoms with E-state index in [0.717, 1.165) is 18.7 Å². The van der Waals surface area contributed by atoms with Gasteiger partial charge in [0.2, 0.25) is 0 Å². The number of Topliss-reactive ketones (excluding diaryl/α,β-unsaturated/α-hetero) is 1. The molecular weight excluding hydrogens is 252 g/mol. The van der Waals surface area contributed by atoms with Crippen molar-refractivity contribution in [2.45, 2.75) is 12.8 Å². The molecule has 1 aliphatic heterocycles. The van der Waals surface area contributed by atoms with Crippen LogP contribution in [0.3, 0.4) is 0 Å². The molecule has 2 rings (SSSR count). The van der Waals surface area contributed by atoms with Crippen LogP contribution in [-0.2, 0) is 0 Å². The fourth-order valence-electron chi connectivity index (χ4n) is 2.13. The molecule has 1 N–H and O–H groups in total. The van der Waals surface area contributed by atoms with E-state index in [2.05, 4.69) is 11.4 Å². The molecule has 4 nitrogen and oxygen atoms in total. The number of hydrogen-bond donors (Lipinski definition) is 1. The number of carbonyl (C=O) groups is 1. The Bertz CT molecular complexity index is 545. The monoisotopic (exact) mass is 264 g/mol. The third-order valence-corrected chi connectivity index (χ3v) is 3.45. The fourth-order valence-corrected chi connectivity index (χ4v) is 2.38. The molecule has 5 heteroatoms. The second-order valence-electron chi connectivity index (χ2n) is 4.25. The number of benzene rings is 1. The molecule has 0 bridgehead atoms. The fraction of sp³-hybridized carbons (Fsp3) is 0.385. The zero-order chi connectivity index (χ0) is 13.3. The second-order valence-corrected chi connectivity index (χ2v) is 4.66. The lowest BCUT2D eigenvalue weighted by atomic mass is 9.87. The highest BCUT2D eigenvalue weighted by Gasteiger charge is 2.29. The minimum Gasteiger partial charge on any atom is -0.496 e. The maximum absolute atomic E-state index is 11.6. The van der Waals surface area contributed by atoms with E-state index in [1.807, 2.05) is 0 Å². The van der Waals surface area contributed by atoms with Gasteiger partial charge in [0, 0.05) is 24.6 Å². The summed E-state index contributed by atoms with van der Waals surface area (Å²) in [7, 11) is 1.51. The van der Waals surface area contributed by atoms with Crippen LogP contribution < -0.4 is 10.1 Å². The van der Waals surface area contributed by atoms with Gasteiger partial charge in [-0.15, -0.1) is 0 Å². The number of ketones is 1. The summed E-state index contributed by atoms with van der Waals surface area (Å²) < 4.78 is 5.33. The summed E-state index contributed by atoms with van der Waals surface area (Å²) in [4.78, 5) is 11.6. The predicted molar refractivity (Wildman–Crippen MR) is 68.3 cm³/mol. The first-order valence-electron chi connectivity index (χ1n) is 5.62.